The van der Waals surface area contributed by atoms with Crippen molar-refractivity contribution >= 4 is 17.4 Å². The van der Waals surface area contributed by atoms with E-state index in [2.05, 4.69) is 14.9 Å². The standard InChI is InChI=1S/C6H6N4OS/c1-4-5(12-10-9-4)6(11)8-3-2-7/h3H2,1H3,(H,8,11). The van der Waals surface area contributed by atoms with E-state index in [0.717, 1.165) is 11.5 Å². The molecule has 0 unspecified atom stereocenters. The average Bonchev–Trinajstić information content (AvgIpc) is 2.47. The molecule has 5 nitrogen and oxygen atoms in total. The molecule has 0 aromatic carbocycles. The lowest BCUT2D eigenvalue weighted by Crippen LogP contribution is -2.23. The Kier molecular flexibility index (Phi) is 2.71. The van der Waals surface area contributed by atoms with Gasteiger partial charge in [0.25, 0.3) is 5.91 Å². The number of carbonyl (C=O) groups is 1. The zero-order valence-corrected chi connectivity index (χ0v) is 7.18. The molecule has 0 aliphatic carbocycles. The first-order valence-electron chi connectivity index (χ1n) is 3.20. The van der Waals surface area contributed by atoms with Gasteiger partial charge < -0.3 is 5.32 Å². The fourth-order valence-corrected chi connectivity index (χ4v) is 1.21. The van der Waals surface area contributed by atoms with Crippen LogP contribution < -0.4 is 5.32 Å². The van der Waals surface area contributed by atoms with E-state index in [-0.39, 0.29) is 12.5 Å². The molecule has 6 heteroatoms. The molecule has 0 atom stereocenters. The van der Waals surface area contributed by atoms with Crippen molar-refractivity contribution in [1.82, 2.24) is 14.9 Å². The molecule has 0 fully saturated rings. The fraction of sp³-hybridized carbons (Fsp3) is 0.333. The second-order valence-electron chi connectivity index (χ2n) is 2.03. The zero-order valence-electron chi connectivity index (χ0n) is 6.37. The summed E-state index contributed by atoms with van der Waals surface area (Å²) >= 11 is 1.03. The summed E-state index contributed by atoms with van der Waals surface area (Å²) in [4.78, 5) is 11.6. The first-order valence-corrected chi connectivity index (χ1v) is 3.97. The maximum absolute atomic E-state index is 11.2. The van der Waals surface area contributed by atoms with Crippen LogP contribution >= 0.6 is 11.5 Å². The van der Waals surface area contributed by atoms with Gasteiger partial charge in [-0.1, -0.05) is 4.49 Å². The summed E-state index contributed by atoms with van der Waals surface area (Å²) < 4.78 is 3.60. The SMILES string of the molecule is Cc1nnsc1C(=O)NCC#N. The highest BCUT2D eigenvalue weighted by Gasteiger charge is 2.11. The molecule has 1 amide bonds. The molecule has 0 aliphatic rings. The highest BCUT2D eigenvalue weighted by molar-refractivity contribution is 7.07. The van der Waals surface area contributed by atoms with Crippen molar-refractivity contribution in [3.05, 3.63) is 10.6 Å². The second kappa shape index (κ2) is 3.78. The first-order chi connectivity index (χ1) is 5.75. The normalized spacial score (nSPS) is 9.00. The highest BCUT2D eigenvalue weighted by Crippen LogP contribution is 2.07. The van der Waals surface area contributed by atoms with E-state index in [0.29, 0.717) is 10.6 Å². The maximum Gasteiger partial charge on any atom is 0.265 e. The van der Waals surface area contributed by atoms with Crippen LogP contribution in [-0.2, 0) is 0 Å². The van der Waals surface area contributed by atoms with Gasteiger partial charge in [-0.3, -0.25) is 4.79 Å². The Morgan fingerprint density at radius 3 is 3.08 bits per heavy atom. The van der Waals surface area contributed by atoms with E-state index in [1.54, 1.807) is 6.92 Å². The number of aromatic nitrogens is 2. The zero-order chi connectivity index (χ0) is 8.97. The molecule has 0 aliphatic heterocycles. The van der Waals surface area contributed by atoms with Crippen LogP contribution in [0.25, 0.3) is 0 Å². The van der Waals surface area contributed by atoms with Gasteiger partial charge in [0.2, 0.25) is 0 Å². The van der Waals surface area contributed by atoms with E-state index in [1.807, 2.05) is 6.07 Å². The summed E-state index contributed by atoms with van der Waals surface area (Å²) in [6.07, 6.45) is 0. The third-order valence-corrected chi connectivity index (χ3v) is 2.01. The number of rotatable bonds is 2. The molecule has 0 saturated carbocycles. The van der Waals surface area contributed by atoms with Crippen LogP contribution in [0.4, 0.5) is 0 Å². The quantitative estimate of drug-likeness (QED) is 0.658. The Morgan fingerprint density at radius 1 is 1.83 bits per heavy atom. The van der Waals surface area contributed by atoms with Crippen LogP contribution in [0.15, 0.2) is 0 Å². The lowest BCUT2D eigenvalue weighted by molar-refractivity contribution is 0.0962. The number of aryl methyl sites for hydroxylation is 1. The van der Waals surface area contributed by atoms with Crippen LogP contribution in [0, 0.1) is 18.3 Å². The Bertz CT molecular complexity index is 327. The van der Waals surface area contributed by atoms with Gasteiger partial charge in [0.05, 0.1) is 11.8 Å². The topological polar surface area (TPSA) is 78.7 Å². The molecule has 12 heavy (non-hydrogen) atoms. The molecule has 0 radical (unpaired) electrons. The van der Waals surface area contributed by atoms with Gasteiger partial charge in [-0.25, -0.2) is 0 Å². The summed E-state index contributed by atoms with van der Waals surface area (Å²) in [6.45, 7) is 1.71. The molecular formula is C6H6N4OS. The molecule has 0 spiro atoms. The number of hydrogen-bond donors (Lipinski definition) is 1. The molecule has 1 rings (SSSR count). The van der Waals surface area contributed by atoms with Gasteiger partial charge in [0.15, 0.2) is 0 Å². The van der Waals surface area contributed by atoms with Gasteiger partial charge in [0, 0.05) is 0 Å². The first kappa shape index (κ1) is 8.62. The minimum atomic E-state index is -0.288. The Balaban J connectivity index is 2.67. The minimum absolute atomic E-state index is 0.0101. The van der Waals surface area contributed by atoms with Crippen LogP contribution in [-0.4, -0.2) is 22.0 Å². The van der Waals surface area contributed by atoms with Crippen LogP contribution in [0.2, 0.25) is 0 Å². The third kappa shape index (κ3) is 1.77. The summed E-state index contributed by atoms with van der Waals surface area (Å²) in [7, 11) is 0. The molecule has 1 heterocycles. The fourth-order valence-electron chi connectivity index (χ4n) is 0.640. The number of amides is 1. The van der Waals surface area contributed by atoms with Gasteiger partial charge in [0.1, 0.15) is 11.4 Å². The van der Waals surface area contributed by atoms with Crippen LogP contribution in [0.1, 0.15) is 15.4 Å². The van der Waals surface area contributed by atoms with Crippen molar-refractivity contribution in [2.24, 2.45) is 0 Å². The van der Waals surface area contributed by atoms with Crippen molar-refractivity contribution in [1.29, 1.82) is 5.26 Å². The van der Waals surface area contributed by atoms with Crippen molar-refractivity contribution in [3.8, 4) is 6.07 Å². The predicted molar refractivity (Wildman–Crippen MR) is 42.6 cm³/mol. The summed E-state index contributed by atoms with van der Waals surface area (Å²) in [5, 5.41) is 14.3. The van der Waals surface area contributed by atoms with E-state index < -0.39 is 0 Å². The molecule has 62 valence electrons. The van der Waals surface area contributed by atoms with Crippen molar-refractivity contribution in [2.45, 2.75) is 6.92 Å². The monoisotopic (exact) mass is 182 g/mol. The van der Waals surface area contributed by atoms with Crippen molar-refractivity contribution in [2.75, 3.05) is 6.54 Å². The maximum atomic E-state index is 11.2. The van der Waals surface area contributed by atoms with Gasteiger partial charge in [-0.15, -0.1) is 5.10 Å². The Labute approximate surface area is 73.2 Å². The summed E-state index contributed by atoms with van der Waals surface area (Å²) in [6, 6.07) is 1.81. The van der Waals surface area contributed by atoms with E-state index in [1.165, 1.54) is 0 Å². The average molecular weight is 182 g/mol. The number of hydrogen-bond acceptors (Lipinski definition) is 5. The highest BCUT2D eigenvalue weighted by atomic mass is 32.1. The number of nitrogens with one attached hydrogen (secondary N) is 1. The smallest absolute Gasteiger partial charge is 0.265 e. The van der Waals surface area contributed by atoms with Gasteiger partial charge >= 0.3 is 0 Å². The molecule has 1 aromatic rings. The second-order valence-corrected chi connectivity index (χ2v) is 2.78. The lowest BCUT2D eigenvalue weighted by atomic mass is 10.4. The summed E-state index contributed by atoms with van der Waals surface area (Å²) in [5.41, 5.74) is 0.593. The van der Waals surface area contributed by atoms with Crippen molar-refractivity contribution in [3.63, 3.8) is 0 Å². The lowest BCUT2D eigenvalue weighted by Gasteiger charge is -1.95. The van der Waals surface area contributed by atoms with Crippen molar-refractivity contribution < 1.29 is 4.79 Å². The number of nitriles is 1. The molecular weight excluding hydrogens is 176 g/mol. The largest absolute Gasteiger partial charge is 0.338 e. The van der Waals surface area contributed by atoms with Crippen LogP contribution in [0.5, 0.6) is 0 Å². The van der Waals surface area contributed by atoms with Gasteiger partial charge in [-0.05, 0) is 18.5 Å². The molecule has 0 saturated heterocycles. The predicted octanol–water partition coefficient (Wildman–Crippen LogP) is 0.0999. The molecule has 1 N–H and O–H groups in total. The van der Waals surface area contributed by atoms with E-state index in [9.17, 15) is 4.79 Å². The number of nitrogens with zero attached hydrogens (tertiary/aromatic N) is 3. The molecule has 1 aromatic heterocycles. The summed E-state index contributed by atoms with van der Waals surface area (Å²) in [5.74, 6) is -0.288. The Morgan fingerprint density at radius 2 is 2.58 bits per heavy atom. The minimum Gasteiger partial charge on any atom is -0.338 e. The third-order valence-electron chi connectivity index (χ3n) is 1.19. The van der Waals surface area contributed by atoms with E-state index >= 15 is 0 Å². The Hall–Kier alpha value is -1.48. The van der Waals surface area contributed by atoms with E-state index in [4.69, 9.17) is 5.26 Å². The molecule has 0 bridgehead atoms. The van der Waals surface area contributed by atoms with Gasteiger partial charge in [-0.2, -0.15) is 5.26 Å². The van der Waals surface area contributed by atoms with Crippen LogP contribution in [0.3, 0.4) is 0 Å². The number of carbonyl (C=O) groups excluding carboxylic acids is 1.